The average Bonchev–Trinajstić information content (AvgIpc) is 2.83. The Morgan fingerprint density at radius 1 is 0.865 bits per heavy atom. The van der Waals surface area contributed by atoms with E-state index in [4.69, 9.17) is 0 Å². The molecule has 192 valence electrons. The molecular formula is C20H10F6N6O5. The smallest absolute Gasteiger partial charge is 0.267 e. The molecule has 0 spiro atoms. The SMILES string of the molecule is O=C(c1cccnc1)N(N=Nc1ccc([N+](=O)[O-])c(C(F)(F)F)c1)c1ccc([N+](=O)[O-])c(C(F)(F)F)c1. The van der Waals surface area contributed by atoms with Crippen molar-refractivity contribution in [1.29, 1.82) is 0 Å². The van der Waals surface area contributed by atoms with Crippen LogP contribution in [0.4, 0.5) is 49.1 Å². The molecule has 37 heavy (non-hydrogen) atoms. The summed E-state index contributed by atoms with van der Waals surface area (Å²) < 4.78 is 80.1. The van der Waals surface area contributed by atoms with Gasteiger partial charge in [-0.15, -0.1) is 5.11 Å². The number of amides is 1. The number of rotatable bonds is 6. The molecule has 0 bridgehead atoms. The molecule has 3 aromatic rings. The highest BCUT2D eigenvalue weighted by Crippen LogP contribution is 2.40. The third-order valence-corrected chi connectivity index (χ3v) is 4.56. The van der Waals surface area contributed by atoms with Gasteiger partial charge in [-0.1, -0.05) is 5.22 Å². The second-order valence-electron chi connectivity index (χ2n) is 6.96. The molecule has 2 aromatic carbocycles. The van der Waals surface area contributed by atoms with Crippen molar-refractivity contribution in [3.05, 3.63) is 97.8 Å². The number of halogens is 6. The molecule has 0 unspecified atom stereocenters. The normalized spacial score (nSPS) is 11.9. The van der Waals surface area contributed by atoms with E-state index in [1.165, 1.54) is 18.3 Å². The van der Waals surface area contributed by atoms with E-state index < -0.39 is 62.0 Å². The van der Waals surface area contributed by atoms with Crippen LogP contribution in [0.25, 0.3) is 0 Å². The molecule has 1 aromatic heterocycles. The van der Waals surface area contributed by atoms with Crippen LogP contribution in [0.15, 0.2) is 71.3 Å². The summed E-state index contributed by atoms with van der Waals surface area (Å²) in [7, 11) is 0. The van der Waals surface area contributed by atoms with Crippen molar-refractivity contribution in [3.63, 3.8) is 0 Å². The van der Waals surface area contributed by atoms with Gasteiger partial charge in [-0.05, 0) is 36.4 Å². The second kappa shape index (κ2) is 9.96. The molecule has 0 aliphatic heterocycles. The first-order valence-corrected chi connectivity index (χ1v) is 9.57. The first-order valence-electron chi connectivity index (χ1n) is 9.57. The largest absolute Gasteiger partial charge is 0.423 e. The minimum Gasteiger partial charge on any atom is -0.267 e. The molecule has 0 aliphatic rings. The van der Waals surface area contributed by atoms with Gasteiger partial charge in [0.1, 0.15) is 11.1 Å². The molecule has 0 aliphatic carbocycles. The Hall–Kier alpha value is -4.96. The van der Waals surface area contributed by atoms with Crippen LogP contribution < -0.4 is 5.01 Å². The van der Waals surface area contributed by atoms with Gasteiger partial charge in [0.05, 0.1) is 26.8 Å². The van der Waals surface area contributed by atoms with E-state index in [9.17, 15) is 51.4 Å². The van der Waals surface area contributed by atoms with Crippen LogP contribution >= 0.6 is 0 Å². The van der Waals surface area contributed by atoms with E-state index in [0.717, 1.165) is 18.3 Å². The van der Waals surface area contributed by atoms with Gasteiger partial charge in [0.25, 0.3) is 17.3 Å². The summed E-state index contributed by atoms with van der Waals surface area (Å²) >= 11 is 0. The van der Waals surface area contributed by atoms with Crippen molar-refractivity contribution in [2.24, 2.45) is 10.3 Å². The predicted octanol–water partition coefficient (Wildman–Crippen LogP) is 6.28. The Balaban J connectivity index is 2.16. The lowest BCUT2D eigenvalue weighted by Gasteiger charge is -2.17. The van der Waals surface area contributed by atoms with E-state index in [2.05, 4.69) is 15.3 Å². The summed E-state index contributed by atoms with van der Waals surface area (Å²) in [5.74, 6) is -1.14. The standard InChI is InChI=1S/C20H10F6N6O5/c21-19(22,23)14-8-12(3-5-16(14)31(34)35)28-29-30(18(33)11-2-1-7-27-10-11)13-4-6-17(32(36)37)15(9-13)20(24,25)26/h1-10H. The Bertz CT molecular complexity index is 1390. The lowest BCUT2D eigenvalue weighted by molar-refractivity contribution is -0.388. The first kappa shape index (κ1) is 26.6. The molecule has 0 saturated heterocycles. The van der Waals surface area contributed by atoms with Gasteiger partial charge in [-0.3, -0.25) is 30.0 Å². The Morgan fingerprint density at radius 3 is 1.95 bits per heavy atom. The molecule has 0 saturated carbocycles. The fourth-order valence-electron chi connectivity index (χ4n) is 2.93. The third kappa shape index (κ3) is 6.00. The minimum absolute atomic E-state index is 0.229. The highest BCUT2D eigenvalue weighted by molar-refractivity contribution is 6.05. The molecule has 0 N–H and O–H groups in total. The van der Waals surface area contributed by atoms with Crippen molar-refractivity contribution in [1.82, 2.24) is 4.98 Å². The van der Waals surface area contributed by atoms with Crippen LogP contribution in [-0.4, -0.2) is 20.7 Å². The molecule has 1 amide bonds. The minimum atomic E-state index is -5.22. The molecule has 1 heterocycles. The van der Waals surface area contributed by atoms with Crippen molar-refractivity contribution in [2.75, 3.05) is 5.01 Å². The van der Waals surface area contributed by atoms with E-state index in [1.807, 2.05) is 0 Å². The average molecular weight is 528 g/mol. The van der Waals surface area contributed by atoms with Gasteiger partial charge < -0.3 is 0 Å². The predicted molar refractivity (Wildman–Crippen MR) is 112 cm³/mol. The lowest BCUT2D eigenvalue weighted by atomic mass is 10.1. The van der Waals surface area contributed by atoms with Gasteiger partial charge >= 0.3 is 12.4 Å². The number of alkyl halides is 6. The van der Waals surface area contributed by atoms with Gasteiger partial charge in [0.15, 0.2) is 0 Å². The zero-order valence-electron chi connectivity index (χ0n) is 17.8. The Kier molecular flexibility index (Phi) is 7.17. The van der Waals surface area contributed by atoms with Gasteiger partial charge in [0, 0.05) is 24.5 Å². The van der Waals surface area contributed by atoms with Crippen molar-refractivity contribution in [3.8, 4) is 0 Å². The number of hydrogen-bond acceptors (Lipinski definition) is 8. The summed E-state index contributed by atoms with van der Waals surface area (Å²) in [6, 6.07) is 5.45. The number of nitrogens with zero attached hydrogens (tertiary/aromatic N) is 6. The highest BCUT2D eigenvalue weighted by atomic mass is 19.4. The second-order valence-corrected chi connectivity index (χ2v) is 6.96. The van der Waals surface area contributed by atoms with Crippen LogP contribution in [0.3, 0.4) is 0 Å². The number of benzene rings is 2. The van der Waals surface area contributed by atoms with E-state index in [-0.39, 0.29) is 22.7 Å². The third-order valence-electron chi connectivity index (χ3n) is 4.56. The first-order chi connectivity index (χ1) is 17.2. The number of anilines is 1. The number of aromatic nitrogens is 1. The summed E-state index contributed by atoms with van der Waals surface area (Å²) in [6.07, 6.45) is -8.11. The van der Waals surface area contributed by atoms with Crippen LogP contribution in [-0.2, 0) is 12.4 Å². The molecule has 11 nitrogen and oxygen atoms in total. The number of pyridine rings is 1. The van der Waals surface area contributed by atoms with Gasteiger partial charge in [-0.25, -0.2) is 0 Å². The zero-order chi connectivity index (χ0) is 27.5. The highest BCUT2D eigenvalue weighted by Gasteiger charge is 2.40. The number of nitro benzene ring substituents is 2. The van der Waals surface area contributed by atoms with E-state index >= 15 is 0 Å². The van der Waals surface area contributed by atoms with Gasteiger partial charge in [0.2, 0.25) is 0 Å². The monoisotopic (exact) mass is 528 g/mol. The van der Waals surface area contributed by atoms with Gasteiger partial charge in [-0.2, -0.15) is 31.4 Å². The molecule has 0 atom stereocenters. The molecule has 3 rings (SSSR count). The maximum Gasteiger partial charge on any atom is 0.423 e. The Morgan fingerprint density at radius 2 is 1.43 bits per heavy atom. The quantitative estimate of drug-likeness (QED) is 0.159. The van der Waals surface area contributed by atoms with Crippen LogP contribution in [0, 0.1) is 20.2 Å². The summed E-state index contributed by atoms with van der Waals surface area (Å²) in [5, 5.41) is 29.1. The number of carbonyl (C=O) groups is 1. The summed E-state index contributed by atoms with van der Waals surface area (Å²) in [6.45, 7) is 0. The molecular weight excluding hydrogens is 518 g/mol. The van der Waals surface area contributed by atoms with Crippen LogP contribution in [0.2, 0.25) is 0 Å². The van der Waals surface area contributed by atoms with Crippen LogP contribution in [0.1, 0.15) is 21.5 Å². The fourth-order valence-corrected chi connectivity index (χ4v) is 2.93. The Labute approximate surface area is 200 Å². The molecule has 0 fully saturated rings. The van der Waals surface area contributed by atoms with Crippen molar-refractivity contribution < 1.29 is 41.0 Å². The molecule has 0 radical (unpaired) electrons. The van der Waals surface area contributed by atoms with E-state index in [0.29, 0.717) is 12.1 Å². The maximum atomic E-state index is 13.5. The summed E-state index contributed by atoms with van der Waals surface area (Å²) in [5.41, 5.74) is -7.58. The van der Waals surface area contributed by atoms with Crippen molar-refractivity contribution in [2.45, 2.75) is 12.4 Å². The topological polar surface area (TPSA) is 144 Å². The number of carbonyl (C=O) groups excluding carboxylic acids is 1. The molecule has 17 heteroatoms. The van der Waals surface area contributed by atoms with Crippen LogP contribution in [0.5, 0.6) is 0 Å². The number of hydrogen-bond donors (Lipinski definition) is 0. The van der Waals surface area contributed by atoms with E-state index in [1.54, 1.807) is 0 Å². The number of nitro groups is 2. The zero-order valence-corrected chi connectivity index (χ0v) is 17.8. The summed E-state index contributed by atoms with van der Waals surface area (Å²) in [4.78, 5) is 36.0. The maximum absolute atomic E-state index is 13.5. The fraction of sp³-hybridized carbons (Fsp3) is 0.100. The lowest BCUT2D eigenvalue weighted by Crippen LogP contribution is -2.25. The van der Waals surface area contributed by atoms with Crippen molar-refractivity contribution >= 4 is 28.7 Å².